The van der Waals surface area contributed by atoms with Gasteiger partial charge in [-0.25, -0.2) is 0 Å². The second-order valence-corrected chi connectivity index (χ2v) is 10.8. The van der Waals surface area contributed by atoms with Gasteiger partial charge in [0.05, 0.1) is 5.71 Å². The molecular formula is C33H31ClN2O2S. The first-order chi connectivity index (χ1) is 18.7. The number of allylic oxidation sites excluding steroid dienone is 6. The number of carbonyl (C=O) groups is 2. The molecule has 0 radical (unpaired) electrons. The van der Waals surface area contributed by atoms with Crippen LogP contribution in [-0.2, 0) is 6.54 Å². The molecular weight excluding hydrogens is 524 g/mol. The van der Waals surface area contributed by atoms with Crippen LogP contribution in [0, 0.1) is 12.3 Å². The van der Waals surface area contributed by atoms with E-state index >= 15 is 0 Å². The fourth-order valence-corrected chi connectivity index (χ4v) is 5.54. The Morgan fingerprint density at radius 1 is 1.15 bits per heavy atom. The third kappa shape index (κ3) is 6.16. The Kier molecular flexibility index (Phi) is 9.05. The van der Waals surface area contributed by atoms with Crippen LogP contribution in [0.3, 0.4) is 0 Å². The van der Waals surface area contributed by atoms with Crippen molar-refractivity contribution in [1.29, 1.82) is 5.41 Å². The minimum absolute atomic E-state index is 0.00986. The smallest absolute Gasteiger partial charge is 0.207 e. The van der Waals surface area contributed by atoms with Gasteiger partial charge in [0.15, 0.2) is 5.78 Å². The summed E-state index contributed by atoms with van der Waals surface area (Å²) in [4.78, 5) is 27.6. The lowest BCUT2D eigenvalue weighted by Crippen LogP contribution is -2.28. The van der Waals surface area contributed by atoms with Crippen LogP contribution in [0.15, 0.2) is 88.9 Å². The molecule has 0 fully saturated rings. The van der Waals surface area contributed by atoms with Crippen LogP contribution in [0.1, 0.15) is 46.5 Å². The van der Waals surface area contributed by atoms with Crippen molar-refractivity contribution in [3.05, 3.63) is 116 Å². The summed E-state index contributed by atoms with van der Waals surface area (Å²) in [5.74, 6) is -0.0844. The van der Waals surface area contributed by atoms with Crippen molar-refractivity contribution in [2.24, 2.45) is 0 Å². The number of hydrogen-bond donors (Lipinski definition) is 1. The number of fused-ring (bicyclic) bond motifs is 3. The number of nitrogens with zero attached hydrogens (tertiary/aromatic N) is 1. The van der Waals surface area contributed by atoms with Gasteiger partial charge < -0.3 is 9.98 Å². The summed E-state index contributed by atoms with van der Waals surface area (Å²) < 4.78 is 2.21. The molecule has 1 aromatic heterocycles. The Bertz CT molecular complexity index is 1720. The van der Waals surface area contributed by atoms with E-state index in [4.69, 9.17) is 17.0 Å². The van der Waals surface area contributed by atoms with Crippen LogP contribution in [0.25, 0.3) is 23.1 Å². The van der Waals surface area contributed by atoms with E-state index in [1.54, 1.807) is 12.1 Å². The summed E-state index contributed by atoms with van der Waals surface area (Å²) in [6.45, 7) is 10.3. The zero-order valence-corrected chi connectivity index (χ0v) is 24.0. The van der Waals surface area contributed by atoms with E-state index in [-0.39, 0.29) is 23.0 Å². The van der Waals surface area contributed by atoms with Gasteiger partial charge in [-0.05, 0) is 69.2 Å². The number of aryl methyl sites for hydroxylation is 2. The van der Waals surface area contributed by atoms with E-state index < -0.39 is 0 Å². The predicted molar refractivity (Wildman–Crippen MR) is 166 cm³/mol. The van der Waals surface area contributed by atoms with E-state index in [1.165, 1.54) is 11.8 Å². The van der Waals surface area contributed by atoms with E-state index in [0.717, 1.165) is 38.5 Å². The highest BCUT2D eigenvalue weighted by atomic mass is 35.5. The predicted octanol–water partition coefficient (Wildman–Crippen LogP) is 6.89. The molecule has 4 rings (SSSR count). The topological polar surface area (TPSA) is 62.9 Å². The molecule has 1 N–H and O–H groups in total. The number of thioether (sulfide) groups is 1. The lowest BCUT2D eigenvalue weighted by atomic mass is 9.97. The number of halogens is 1. The molecule has 39 heavy (non-hydrogen) atoms. The summed E-state index contributed by atoms with van der Waals surface area (Å²) in [5, 5.41) is 11.7. The number of Topliss-reactive ketones (excluding diaryl/α,β-unsaturated/α-hetero) is 2. The van der Waals surface area contributed by atoms with Gasteiger partial charge in [-0.2, -0.15) is 0 Å². The van der Waals surface area contributed by atoms with Gasteiger partial charge in [-0.15, -0.1) is 11.8 Å². The molecule has 0 atom stereocenters. The Hall–Kier alpha value is -3.67. The maximum atomic E-state index is 13.5. The molecule has 4 nitrogen and oxygen atoms in total. The van der Waals surface area contributed by atoms with Crippen LogP contribution >= 0.6 is 23.4 Å². The first-order valence-electron chi connectivity index (χ1n) is 12.8. The summed E-state index contributed by atoms with van der Waals surface area (Å²) in [7, 11) is 0. The molecule has 0 bridgehead atoms. The largest absolute Gasteiger partial charge is 0.341 e. The van der Waals surface area contributed by atoms with E-state index in [9.17, 15) is 9.59 Å². The second kappa shape index (κ2) is 12.5. The third-order valence-corrected chi connectivity index (χ3v) is 7.96. The molecule has 1 aliphatic rings. The zero-order chi connectivity index (χ0) is 28.1. The van der Waals surface area contributed by atoms with Gasteiger partial charge >= 0.3 is 0 Å². The maximum absolute atomic E-state index is 13.5. The number of nitrogens with one attached hydrogen (secondary N) is 1. The Morgan fingerprint density at radius 3 is 2.62 bits per heavy atom. The Morgan fingerprint density at radius 2 is 1.92 bits per heavy atom. The standard InChI is InChI=1S/C33H31ClN2O2S/c1-5-25(16-14-22(4)34)39-20-29(35)33(38)24-15-17-31-28(19-24)27-18-23(11-9-13-30(27)36(31)6-2)32(37)26-12-8-7-10-21(26)3/h5,7-8,10-19,35H,4,6,9,20H2,1-3H3/b16-14-,25-5+,35-29?. The van der Waals surface area contributed by atoms with Crippen molar-refractivity contribution in [3.63, 3.8) is 0 Å². The second-order valence-electron chi connectivity index (χ2n) is 9.23. The molecule has 0 spiro atoms. The van der Waals surface area contributed by atoms with E-state index in [0.29, 0.717) is 28.2 Å². The van der Waals surface area contributed by atoms with Crippen LogP contribution < -0.4 is 10.6 Å². The molecule has 0 unspecified atom stereocenters. The fourth-order valence-electron chi connectivity index (χ4n) is 4.70. The zero-order valence-electron chi connectivity index (χ0n) is 22.4. The van der Waals surface area contributed by atoms with Gasteiger partial charge in [0.1, 0.15) is 0 Å². The highest BCUT2D eigenvalue weighted by Gasteiger charge is 2.18. The molecule has 0 saturated heterocycles. The number of benzene rings is 2. The van der Waals surface area contributed by atoms with Gasteiger partial charge in [-0.1, -0.05) is 60.7 Å². The number of carbonyl (C=O) groups excluding carboxylic acids is 2. The maximum Gasteiger partial charge on any atom is 0.207 e. The molecule has 2 aromatic carbocycles. The van der Waals surface area contributed by atoms with Crippen LogP contribution in [-0.4, -0.2) is 27.6 Å². The van der Waals surface area contributed by atoms with Gasteiger partial charge in [0.2, 0.25) is 5.78 Å². The Labute approximate surface area is 238 Å². The Balaban J connectivity index is 1.71. The normalized spacial score (nSPS) is 13.3. The molecule has 0 aliphatic heterocycles. The van der Waals surface area contributed by atoms with Crippen molar-refractivity contribution in [1.82, 2.24) is 4.57 Å². The number of ketones is 2. The van der Waals surface area contributed by atoms with Crippen LogP contribution in [0.5, 0.6) is 0 Å². The minimum atomic E-state index is -0.312. The average molecular weight is 555 g/mol. The molecule has 6 heteroatoms. The van der Waals surface area contributed by atoms with Crippen molar-refractivity contribution in [2.45, 2.75) is 33.7 Å². The number of aromatic nitrogens is 1. The highest BCUT2D eigenvalue weighted by Crippen LogP contribution is 2.21. The van der Waals surface area contributed by atoms with E-state index in [1.807, 2.05) is 74.5 Å². The molecule has 0 saturated carbocycles. The van der Waals surface area contributed by atoms with Gasteiger partial charge in [0.25, 0.3) is 0 Å². The summed E-state index contributed by atoms with van der Waals surface area (Å²) in [6, 6.07) is 13.2. The summed E-state index contributed by atoms with van der Waals surface area (Å²) in [6.07, 6.45) is 12.1. The first kappa shape index (κ1) is 28.3. The minimum Gasteiger partial charge on any atom is -0.341 e. The molecule has 0 amide bonds. The molecule has 3 aromatic rings. The van der Waals surface area contributed by atoms with Crippen molar-refractivity contribution in [2.75, 3.05) is 5.75 Å². The lowest BCUT2D eigenvalue weighted by molar-refractivity contribution is 0.103. The van der Waals surface area contributed by atoms with Crippen LogP contribution in [0.4, 0.5) is 0 Å². The quantitative estimate of drug-likeness (QED) is 0.168. The first-order valence-corrected chi connectivity index (χ1v) is 14.2. The monoisotopic (exact) mass is 554 g/mol. The van der Waals surface area contributed by atoms with Crippen LogP contribution in [0.2, 0.25) is 0 Å². The molecule has 1 heterocycles. The lowest BCUT2D eigenvalue weighted by Gasteiger charge is -2.07. The molecule has 1 aliphatic carbocycles. The van der Waals surface area contributed by atoms with Crippen molar-refractivity contribution < 1.29 is 9.59 Å². The third-order valence-electron chi connectivity index (χ3n) is 6.69. The van der Waals surface area contributed by atoms with Gasteiger partial charge in [-0.3, -0.25) is 9.59 Å². The van der Waals surface area contributed by atoms with Crippen molar-refractivity contribution >= 4 is 63.7 Å². The fraction of sp³-hybridized carbons (Fsp3) is 0.182. The highest BCUT2D eigenvalue weighted by molar-refractivity contribution is 8.04. The van der Waals surface area contributed by atoms with E-state index in [2.05, 4.69) is 24.1 Å². The number of hydrogen-bond acceptors (Lipinski definition) is 4. The number of rotatable bonds is 10. The van der Waals surface area contributed by atoms with Gasteiger partial charge in [0, 0.05) is 60.4 Å². The molecule has 198 valence electrons. The average Bonchev–Trinajstić information content (AvgIpc) is 3.06. The van der Waals surface area contributed by atoms with Crippen molar-refractivity contribution in [3.8, 4) is 0 Å². The SMILES string of the molecule is C=C(Cl)/C=C\C(=C/C)SCC(=N)C(=O)c1ccc2c(c1)c1c(n2CC)=CCC=C(C(=O)c2ccccc2C)C=1. The summed E-state index contributed by atoms with van der Waals surface area (Å²) >= 11 is 7.22. The summed E-state index contributed by atoms with van der Waals surface area (Å²) in [5.41, 5.74) is 3.75.